The Morgan fingerprint density at radius 1 is 1.40 bits per heavy atom. The zero-order valence-corrected chi connectivity index (χ0v) is 13.9. The van der Waals surface area contributed by atoms with Gasteiger partial charge in [0.25, 0.3) is 5.92 Å². The lowest BCUT2D eigenvalue weighted by molar-refractivity contribution is -0.0834. The summed E-state index contributed by atoms with van der Waals surface area (Å²) in [6, 6.07) is 7.47. The molecule has 0 heterocycles. The van der Waals surface area contributed by atoms with Crippen molar-refractivity contribution in [3.63, 3.8) is 0 Å². The highest BCUT2D eigenvalue weighted by Crippen LogP contribution is 2.39. The van der Waals surface area contributed by atoms with Gasteiger partial charge in [-0.25, -0.2) is 13.8 Å². The van der Waals surface area contributed by atoms with Crippen LogP contribution in [0.1, 0.15) is 38.2 Å². The van der Waals surface area contributed by atoms with Crippen molar-refractivity contribution in [3.8, 4) is 0 Å². The second-order valence-corrected chi connectivity index (χ2v) is 5.34. The highest BCUT2D eigenvalue weighted by Gasteiger charge is 2.45. The van der Waals surface area contributed by atoms with Gasteiger partial charge in [0.05, 0.1) is 6.04 Å². The van der Waals surface area contributed by atoms with Crippen LogP contribution in [0.4, 0.5) is 14.5 Å². The van der Waals surface area contributed by atoms with Crippen LogP contribution in [0.3, 0.4) is 0 Å². The van der Waals surface area contributed by atoms with E-state index in [0.29, 0.717) is 5.92 Å². The van der Waals surface area contributed by atoms with Crippen molar-refractivity contribution in [2.45, 2.75) is 44.6 Å². The number of aliphatic imine (C=N–C) groups is 1. The van der Waals surface area contributed by atoms with Crippen molar-refractivity contribution < 1.29 is 8.78 Å². The van der Waals surface area contributed by atoms with E-state index in [1.165, 1.54) is 5.56 Å². The third-order valence-corrected chi connectivity index (χ3v) is 3.22. The first-order valence-electron chi connectivity index (χ1n) is 6.44. The van der Waals surface area contributed by atoms with Crippen LogP contribution < -0.4 is 11.1 Å². The van der Waals surface area contributed by atoms with Gasteiger partial charge >= 0.3 is 0 Å². The van der Waals surface area contributed by atoms with E-state index in [1.807, 2.05) is 24.3 Å². The van der Waals surface area contributed by atoms with Crippen molar-refractivity contribution >= 4 is 35.6 Å². The molecule has 0 saturated heterocycles. The Balaban J connectivity index is 0.00000200. The van der Waals surface area contributed by atoms with Gasteiger partial charge in [0.15, 0.2) is 5.96 Å². The zero-order chi connectivity index (χ0) is 14.0. The van der Waals surface area contributed by atoms with E-state index in [4.69, 9.17) is 5.73 Å². The Morgan fingerprint density at radius 3 is 2.60 bits per heavy atom. The molecular formula is C14H20F2IN3. The number of alkyl halides is 2. The number of guanidine groups is 1. The summed E-state index contributed by atoms with van der Waals surface area (Å²) in [7, 11) is 0. The molecule has 1 aromatic carbocycles. The first-order valence-corrected chi connectivity index (χ1v) is 6.44. The SMILES string of the molecule is CC(C)c1cccc(NC(N)=NC2CC(F)(F)C2)c1.I. The molecular weight excluding hydrogens is 375 g/mol. The number of anilines is 1. The van der Waals surface area contributed by atoms with Crippen molar-refractivity contribution in [2.75, 3.05) is 5.32 Å². The Kier molecular flexibility index (Phi) is 5.73. The van der Waals surface area contributed by atoms with E-state index in [0.717, 1.165) is 5.69 Å². The van der Waals surface area contributed by atoms with Crippen LogP contribution in [-0.4, -0.2) is 17.9 Å². The summed E-state index contributed by atoms with van der Waals surface area (Å²) in [4.78, 5) is 4.05. The van der Waals surface area contributed by atoms with Crippen LogP contribution in [0, 0.1) is 0 Å². The molecule has 1 aliphatic rings. The molecule has 0 atom stereocenters. The molecule has 0 radical (unpaired) electrons. The predicted octanol–water partition coefficient (Wildman–Crippen LogP) is 3.95. The van der Waals surface area contributed by atoms with Crippen LogP contribution in [0.5, 0.6) is 0 Å². The molecule has 20 heavy (non-hydrogen) atoms. The van der Waals surface area contributed by atoms with E-state index < -0.39 is 5.92 Å². The van der Waals surface area contributed by atoms with Gasteiger partial charge in [0.2, 0.25) is 0 Å². The molecule has 3 N–H and O–H groups in total. The Morgan fingerprint density at radius 2 is 2.05 bits per heavy atom. The molecule has 0 unspecified atom stereocenters. The largest absolute Gasteiger partial charge is 0.370 e. The molecule has 0 amide bonds. The lowest BCUT2D eigenvalue weighted by atomic mass is 9.89. The summed E-state index contributed by atoms with van der Waals surface area (Å²) < 4.78 is 25.4. The van der Waals surface area contributed by atoms with Crippen LogP contribution in [0.2, 0.25) is 0 Å². The molecule has 0 bridgehead atoms. The molecule has 2 rings (SSSR count). The lowest BCUT2D eigenvalue weighted by Gasteiger charge is -2.32. The molecule has 1 aromatic rings. The van der Waals surface area contributed by atoms with Gasteiger partial charge in [0, 0.05) is 18.5 Å². The molecule has 0 spiro atoms. The average molecular weight is 395 g/mol. The van der Waals surface area contributed by atoms with Gasteiger partial charge in [-0.2, -0.15) is 0 Å². The predicted molar refractivity (Wildman–Crippen MR) is 89.2 cm³/mol. The second-order valence-electron chi connectivity index (χ2n) is 5.34. The maximum atomic E-state index is 12.7. The first kappa shape index (κ1) is 17.1. The van der Waals surface area contributed by atoms with Crippen molar-refractivity contribution in [1.82, 2.24) is 0 Å². The van der Waals surface area contributed by atoms with Crippen molar-refractivity contribution in [2.24, 2.45) is 10.7 Å². The molecule has 0 aromatic heterocycles. The van der Waals surface area contributed by atoms with Crippen LogP contribution in [-0.2, 0) is 0 Å². The minimum atomic E-state index is -2.56. The summed E-state index contributed by atoms with van der Waals surface area (Å²) >= 11 is 0. The number of hydrogen-bond acceptors (Lipinski definition) is 1. The lowest BCUT2D eigenvalue weighted by Crippen LogP contribution is -2.40. The highest BCUT2D eigenvalue weighted by molar-refractivity contribution is 14.0. The van der Waals surface area contributed by atoms with Crippen LogP contribution in [0.25, 0.3) is 0 Å². The maximum Gasteiger partial charge on any atom is 0.252 e. The first-order chi connectivity index (χ1) is 8.85. The summed E-state index contributed by atoms with van der Waals surface area (Å²) in [5, 5.41) is 2.95. The Hall–Kier alpha value is -0.920. The summed E-state index contributed by atoms with van der Waals surface area (Å²) in [6.45, 7) is 4.21. The highest BCUT2D eigenvalue weighted by atomic mass is 127. The summed E-state index contributed by atoms with van der Waals surface area (Å²) in [5.74, 6) is -1.95. The van der Waals surface area contributed by atoms with Gasteiger partial charge in [-0.3, -0.25) is 0 Å². The van der Waals surface area contributed by atoms with E-state index in [1.54, 1.807) is 0 Å². The van der Waals surface area contributed by atoms with Gasteiger partial charge < -0.3 is 11.1 Å². The quantitative estimate of drug-likeness (QED) is 0.463. The minimum Gasteiger partial charge on any atom is -0.370 e. The number of nitrogens with two attached hydrogens (primary N) is 1. The number of benzene rings is 1. The normalized spacial score (nSPS) is 18.4. The maximum absolute atomic E-state index is 12.7. The molecule has 3 nitrogen and oxygen atoms in total. The fourth-order valence-electron chi connectivity index (χ4n) is 2.07. The van der Waals surface area contributed by atoms with Crippen molar-refractivity contribution in [3.05, 3.63) is 29.8 Å². The molecule has 0 aliphatic heterocycles. The minimum absolute atomic E-state index is 0. The standard InChI is InChI=1S/C14H19F2N3.HI/c1-9(2)10-4-3-5-11(6-10)18-13(17)19-12-7-14(15,16)8-12;/h3-6,9,12H,7-8H2,1-2H3,(H3,17,18,19);1H. The van der Waals surface area contributed by atoms with Gasteiger partial charge in [-0.1, -0.05) is 26.0 Å². The van der Waals surface area contributed by atoms with Crippen molar-refractivity contribution in [1.29, 1.82) is 0 Å². The van der Waals surface area contributed by atoms with Gasteiger partial charge in [-0.05, 0) is 23.6 Å². The summed E-state index contributed by atoms with van der Waals surface area (Å²) in [5.41, 5.74) is 7.74. The third-order valence-electron chi connectivity index (χ3n) is 3.22. The van der Waals surface area contributed by atoms with Crippen LogP contribution in [0.15, 0.2) is 29.3 Å². The molecule has 112 valence electrons. The fourth-order valence-corrected chi connectivity index (χ4v) is 2.07. The number of rotatable bonds is 3. The van der Waals surface area contributed by atoms with E-state index >= 15 is 0 Å². The van der Waals surface area contributed by atoms with Gasteiger partial charge in [-0.15, -0.1) is 24.0 Å². The number of halogens is 3. The number of nitrogens with one attached hydrogen (secondary N) is 1. The molecule has 1 aliphatic carbocycles. The Bertz CT molecular complexity index is 481. The van der Waals surface area contributed by atoms with E-state index in [-0.39, 0.29) is 48.8 Å². The number of hydrogen-bond donors (Lipinski definition) is 2. The molecule has 1 saturated carbocycles. The smallest absolute Gasteiger partial charge is 0.252 e. The number of nitrogens with zero attached hydrogens (tertiary/aromatic N) is 1. The third kappa shape index (κ3) is 4.57. The second kappa shape index (κ2) is 6.69. The monoisotopic (exact) mass is 395 g/mol. The zero-order valence-electron chi connectivity index (χ0n) is 11.6. The van der Waals surface area contributed by atoms with Gasteiger partial charge in [0.1, 0.15) is 0 Å². The Labute approximate surface area is 135 Å². The molecule has 6 heteroatoms. The van der Waals surface area contributed by atoms with Crippen LogP contribution >= 0.6 is 24.0 Å². The molecule has 1 fully saturated rings. The topological polar surface area (TPSA) is 50.4 Å². The fraction of sp³-hybridized carbons (Fsp3) is 0.500. The van der Waals surface area contributed by atoms with E-state index in [2.05, 4.69) is 24.2 Å². The summed E-state index contributed by atoms with van der Waals surface area (Å²) in [6.07, 6.45) is -0.414. The van der Waals surface area contributed by atoms with E-state index in [9.17, 15) is 8.78 Å². The average Bonchev–Trinajstić information content (AvgIpc) is 2.26.